The second-order valence-electron chi connectivity index (χ2n) is 4.38. The first-order chi connectivity index (χ1) is 6.88. The third-order valence-corrected chi connectivity index (χ3v) is 2.48. The SMILES string of the molecule is Cc1ccc(C)c(C(=O)C(C)(C)C#N)c1. The second kappa shape index (κ2) is 3.86. The van der Waals surface area contributed by atoms with E-state index in [1.165, 1.54) is 0 Å². The maximum atomic E-state index is 12.0. The van der Waals surface area contributed by atoms with Gasteiger partial charge < -0.3 is 0 Å². The summed E-state index contributed by atoms with van der Waals surface area (Å²) in [7, 11) is 0. The highest BCUT2D eigenvalue weighted by Gasteiger charge is 2.29. The Hall–Kier alpha value is -1.62. The average molecular weight is 201 g/mol. The van der Waals surface area contributed by atoms with E-state index in [2.05, 4.69) is 0 Å². The van der Waals surface area contributed by atoms with E-state index in [1.54, 1.807) is 13.8 Å². The summed E-state index contributed by atoms with van der Waals surface area (Å²) in [6.45, 7) is 7.13. The van der Waals surface area contributed by atoms with E-state index in [-0.39, 0.29) is 5.78 Å². The third-order valence-electron chi connectivity index (χ3n) is 2.48. The van der Waals surface area contributed by atoms with E-state index in [0.29, 0.717) is 5.56 Å². The molecule has 0 aliphatic heterocycles. The second-order valence-corrected chi connectivity index (χ2v) is 4.38. The number of ketones is 1. The molecule has 0 radical (unpaired) electrons. The minimum Gasteiger partial charge on any atom is -0.292 e. The van der Waals surface area contributed by atoms with E-state index in [0.717, 1.165) is 11.1 Å². The summed E-state index contributed by atoms with van der Waals surface area (Å²) < 4.78 is 0. The Bertz CT molecular complexity index is 438. The Morgan fingerprint density at radius 2 is 1.93 bits per heavy atom. The molecule has 0 aromatic heterocycles. The van der Waals surface area contributed by atoms with Gasteiger partial charge in [0.25, 0.3) is 0 Å². The number of rotatable bonds is 2. The lowest BCUT2D eigenvalue weighted by Crippen LogP contribution is -2.23. The first-order valence-corrected chi connectivity index (χ1v) is 4.92. The highest BCUT2D eigenvalue weighted by Crippen LogP contribution is 2.23. The fourth-order valence-corrected chi connectivity index (χ4v) is 1.37. The number of nitriles is 1. The van der Waals surface area contributed by atoms with Crippen molar-refractivity contribution in [3.05, 3.63) is 34.9 Å². The van der Waals surface area contributed by atoms with Crippen LogP contribution in [-0.4, -0.2) is 5.78 Å². The van der Waals surface area contributed by atoms with Crippen LogP contribution in [0.1, 0.15) is 35.3 Å². The third kappa shape index (κ3) is 2.24. The van der Waals surface area contributed by atoms with Gasteiger partial charge in [-0.15, -0.1) is 0 Å². The molecule has 0 fully saturated rings. The average Bonchev–Trinajstić information content (AvgIpc) is 2.20. The summed E-state index contributed by atoms with van der Waals surface area (Å²) in [5.74, 6) is -0.105. The van der Waals surface area contributed by atoms with Crippen molar-refractivity contribution in [2.45, 2.75) is 27.7 Å². The van der Waals surface area contributed by atoms with Crippen molar-refractivity contribution in [3.63, 3.8) is 0 Å². The Labute approximate surface area is 90.5 Å². The van der Waals surface area contributed by atoms with E-state index < -0.39 is 5.41 Å². The van der Waals surface area contributed by atoms with Crippen LogP contribution in [0.4, 0.5) is 0 Å². The molecule has 0 atom stereocenters. The number of hydrogen-bond donors (Lipinski definition) is 0. The van der Waals surface area contributed by atoms with E-state index >= 15 is 0 Å². The Kier molecular flexibility index (Phi) is 2.95. The van der Waals surface area contributed by atoms with Gasteiger partial charge in [-0.25, -0.2) is 0 Å². The molecular formula is C13H15NO. The quantitative estimate of drug-likeness (QED) is 0.690. The van der Waals surface area contributed by atoms with Gasteiger partial charge in [-0.05, 0) is 39.3 Å². The number of Topliss-reactive ketones (excluding diaryl/α,β-unsaturated/α-hetero) is 1. The van der Waals surface area contributed by atoms with Crippen molar-refractivity contribution in [2.24, 2.45) is 5.41 Å². The van der Waals surface area contributed by atoms with Crippen LogP contribution >= 0.6 is 0 Å². The summed E-state index contributed by atoms with van der Waals surface area (Å²) in [6, 6.07) is 7.76. The molecule has 0 spiro atoms. The highest BCUT2D eigenvalue weighted by molar-refractivity contribution is 6.02. The Morgan fingerprint density at radius 3 is 2.47 bits per heavy atom. The zero-order valence-electron chi connectivity index (χ0n) is 9.59. The van der Waals surface area contributed by atoms with E-state index in [1.807, 2.05) is 38.1 Å². The van der Waals surface area contributed by atoms with Crippen LogP contribution in [0.2, 0.25) is 0 Å². The molecule has 1 rings (SSSR count). The van der Waals surface area contributed by atoms with Crippen LogP contribution < -0.4 is 0 Å². The minimum absolute atomic E-state index is 0.105. The number of benzene rings is 1. The minimum atomic E-state index is -0.946. The first-order valence-electron chi connectivity index (χ1n) is 4.92. The lowest BCUT2D eigenvalue weighted by atomic mass is 9.84. The van der Waals surface area contributed by atoms with Crippen LogP contribution in [0.15, 0.2) is 18.2 Å². The molecule has 0 unspecified atom stereocenters. The fourth-order valence-electron chi connectivity index (χ4n) is 1.37. The van der Waals surface area contributed by atoms with Gasteiger partial charge in [0.05, 0.1) is 6.07 Å². The standard InChI is InChI=1S/C13H15NO/c1-9-5-6-10(2)11(7-9)12(15)13(3,4)8-14/h5-7H,1-4H3. The van der Waals surface area contributed by atoms with Gasteiger partial charge in [0.15, 0.2) is 5.78 Å². The molecule has 0 saturated heterocycles. The van der Waals surface area contributed by atoms with Crippen molar-refractivity contribution < 1.29 is 4.79 Å². The molecule has 0 aliphatic rings. The van der Waals surface area contributed by atoms with Crippen LogP contribution in [-0.2, 0) is 0 Å². The van der Waals surface area contributed by atoms with E-state index in [9.17, 15) is 4.79 Å². The molecule has 0 heterocycles. The molecule has 15 heavy (non-hydrogen) atoms. The zero-order chi connectivity index (χ0) is 11.6. The lowest BCUT2D eigenvalue weighted by molar-refractivity contribution is 0.0891. The zero-order valence-corrected chi connectivity index (χ0v) is 9.59. The van der Waals surface area contributed by atoms with Crippen molar-refractivity contribution >= 4 is 5.78 Å². The Balaban J connectivity index is 3.24. The number of carbonyl (C=O) groups excluding carboxylic acids is 1. The van der Waals surface area contributed by atoms with Crippen molar-refractivity contribution in [1.82, 2.24) is 0 Å². The molecule has 0 N–H and O–H groups in total. The summed E-state index contributed by atoms with van der Waals surface area (Å²) in [5, 5.41) is 8.92. The van der Waals surface area contributed by atoms with Crippen molar-refractivity contribution in [1.29, 1.82) is 5.26 Å². The topological polar surface area (TPSA) is 40.9 Å². The largest absolute Gasteiger partial charge is 0.292 e. The number of hydrogen-bond acceptors (Lipinski definition) is 2. The molecule has 0 amide bonds. The van der Waals surface area contributed by atoms with Crippen LogP contribution in [0, 0.1) is 30.6 Å². The van der Waals surface area contributed by atoms with Gasteiger partial charge in [0.2, 0.25) is 0 Å². The Morgan fingerprint density at radius 1 is 1.33 bits per heavy atom. The summed E-state index contributed by atoms with van der Waals surface area (Å²) in [5.41, 5.74) is 1.67. The van der Waals surface area contributed by atoms with Gasteiger partial charge in [0.1, 0.15) is 5.41 Å². The lowest BCUT2D eigenvalue weighted by Gasteiger charge is -2.15. The number of aryl methyl sites for hydroxylation is 2. The summed E-state index contributed by atoms with van der Waals surface area (Å²) in [6.07, 6.45) is 0. The first kappa shape index (κ1) is 11.5. The molecule has 0 aliphatic carbocycles. The van der Waals surface area contributed by atoms with Crippen LogP contribution in [0.25, 0.3) is 0 Å². The molecule has 2 nitrogen and oxygen atoms in total. The predicted molar refractivity (Wildman–Crippen MR) is 59.6 cm³/mol. The molecule has 1 aromatic carbocycles. The number of nitrogens with zero attached hydrogens (tertiary/aromatic N) is 1. The monoisotopic (exact) mass is 201 g/mol. The summed E-state index contributed by atoms with van der Waals surface area (Å²) in [4.78, 5) is 12.0. The maximum Gasteiger partial charge on any atom is 0.182 e. The number of carbonyl (C=O) groups is 1. The van der Waals surface area contributed by atoms with Gasteiger partial charge in [-0.2, -0.15) is 5.26 Å². The van der Waals surface area contributed by atoms with Gasteiger partial charge in [0, 0.05) is 5.56 Å². The fraction of sp³-hybridized carbons (Fsp3) is 0.385. The normalized spacial score (nSPS) is 10.9. The van der Waals surface area contributed by atoms with Gasteiger partial charge in [-0.3, -0.25) is 4.79 Å². The predicted octanol–water partition coefficient (Wildman–Crippen LogP) is 3.04. The maximum absolute atomic E-state index is 12.0. The molecule has 0 bridgehead atoms. The highest BCUT2D eigenvalue weighted by atomic mass is 16.1. The van der Waals surface area contributed by atoms with E-state index in [4.69, 9.17) is 5.26 Å². The van der Waals surface area contributed by atoms with Crippen LogP contribution in [0.5, 0.6) is 0 Å². The molecular weight excluding hydrogens is 186 g/mol. The smallest absolute Gasteiger partial charge is 0.182 e. The molecule has 78 valence electrons. The summed E-state index contributed by atoms with van der Waals surface area (Å²) >= 11 is 0. The van der Waals surface area contributed by atoms with Crippen molar-refractivity contribution in [2.75, 3.05) is 0 Å². The van der Waals surface area contributed by atoms with Gasteiger partial charge in [-0.1, -0.05) is 17.7 Å². The molecule has 0 saturated carbocycles. The van der Waals surface area contributed by atoms with Gasteiger partial charge >= 0.3 is 0 Å². The van der Waals surface area contributed by atoms with Crippen molar-refractivity contribution in [3.8, 4) is 6.07 Å². The van der Waals surface area contributed by atoms with Crippen LogP contribution in [0.3, 0.4) is 0 Å². The molecule has 1 aromatic rings. The molecule has 2 heteroatoms.